The maximum Gasteiger partial charge on any atom is 0.293 e. The molecule has 1 N–H and O–H groups in total. The van der Waals surface area contributed by atoms with E-state index in [0.29, 0.717) is 17.3 Å². The summed E-state index contributed by atoms with van der Waals surface area (Å²) >= 11 is 5.81. The Morgan fingerprint density at radius 2 is 2.29 bits per heavy atom. The van der Waals surface area contributed by atoms with Gasteiger partial charge < -0.3 is 10.1 Å². The smallest absolute Gasteiger partial charge is 0.293 e. The van der Waals surface area contributed by atoms with Crippen molar-refractivity contribution in [1.82, 2.24) is 4.90 Å². The molecular weight excluding hydrogens is 294 g/mol. The summed E-state index contributed by atoms with van der Waals surface area (Å²) in [5.74, 6) is 0. The first-order chi connectivity index (χ1) is 10.1. The Morgan fingerprint density at radius 1 is 1.48 bits per heavy atom. The lowest BCUT2D eigenvalue weighted by Gasteiger charge is -2.33. The van der Waals surface area contributed by atoms with E-state index in [1.807, 2.05) is 0 Å². The van der Waals surface area contributed by atoms with Gasteiger partial charge in [0.25, 0.3) is 5.69 Å². The van der Waals surface area contributed by atoms with Crippen LogP contribution in [-0.4, -0.2) is 48.2 Å². The summed E-state index contributed by atoms with van der Waals surface area (Å²) in [6, 6.07) is 5.38. The molecule has 1 heterocycles. The highest BCUT2D eigenvalue weighted by Crippen LogP contribution is 2.29. The third-order valence-corrected chi connectivity index (χ3v) is 4.15. The lowest BCUT2D eigenvalue weighted by atomic mass is 10.2. The Kier molecular flexibility index (Phi) is 4.28. The SMILES string of the molecule is O=[N+]([O-])c1cc(Cl)ccc1NCC1CN(C2CC2)CCO1. The van der Waals surface area contributed by atoms with Crippen molar-refractivity contribution in [2.75, 3.05) is 31.6 Å². The van der Waals surface area contributed by atoms with E-state index < -0.39 is 4.92 Å². The second-order valence-corrected chi connectivity index (χ2v) is 5.95. The molecule has 1 atom stereocenters. The molecule has 3 rings (SSSR count). The summed E-state index contributed by atoms with van der Waals surface area (Å²) in [5, 5.41) is 14.5. The van der Waals surface area contributed by atoms with Crippen molar-refractivity contribution in [1.29, 1.82) is 0 Å². The summed E-state index contributed by atoms with van der Waals surface area (Å²) < 4.78 is 5.73. The molecule has 1 saturated carbocycles. The molecule has 1 aromatic carbocycles. The van der Waals surface area contributed by atoms with E-state index in [1.165, 1.54) is 18.9 Å². The highest BCUT2D eigenvalue weighted by Gasteiger charge is 2.33. The maximum atomic E-state index is 11.0. The van der Waals surface area contributed by atoms with Gasteiger partial charge in [-0.25, -0.2) is 0 Å². The Balaban J connectivity index is 1.60. The molecule has 7 heteroatoms. The summed E-state index contributed by atoms with van der Waals surface area (Å²) in [6.07, 6.45) is 2.63. The van der Waals surface area contributed by atoms with Crippen molar-refractivity contribution in [2.24, 2.45) is 0 Å². The Labute approximate surface area is 128 Å². The molecule has 6 nitrogen and oxygen atoms in total. The van der Waals surface area contributed by atoms with E-state index in [1.54, 1.807) is 12.1 Å². The van der Waals surface area contributed by atoms with Gasteiger partial charge in [0, 0.05) is 36.8 Å². The van der Waals surface area contributed by atoms with Gasteiger partial charge in [0.15, 0.2) is 0 Å². The first-order valence-electron chi connectivity index (χ1n) is 7.17. The van der Waals surface area contributed by atoms with Crippen LogP contribution in [0.5, 0.6) is 0 Å². The molecule has 0 aromatic heterocycles. The molecule has 1 aliphatic carbocycles. The van der Waals surface area contributed by atoms with E-state index in [4.69, 9.17) is 16.3 Å². The minimum atomic E-state index is -0.424. The molecule has 114 valence electrons. The van der Waals surface area contributed by atoms with Gasteiger partial charge in [0.1, 0.15) is 5.69 Å². The van der Waals surface area contributed by atoms with Crippen molar-refractivity contribution < 1.29 is 9.66 Å². The van der Waals surface area contributed by atoms with Crippen LogP contribution in [0, 0.1) is 10.1 Å². The third-order valence-electron chi connectivity index (χ3n) is 3.91. The fourth-order valence-corrected chi connectivity index (χ4v) is 2.83. The number of morpholine rings is 1. The normalized spacial score (nSPS) is 23.0. The Bertz CT molecular complexity index is 536. The van der Waals surface area contributed by atoms with Gasteiger partial charge in [-0.15, -0.1) is 0 Å². The topological polar surface area (TPSA) is 67.6 Å². The highest BCUT2D eigenvalue weighted by atomic mass is 35.5. The first kappa shape index (κ1) is 14.6. The minimum absolute atomic E-state index is 0.00245. The fourth-order valence-electron chi connectivity index (χ4n) is 2.67. The number of nitrogens with zero attached hydrogens (tertiary/aromatic N) is 2. The lowest BCUT2D eigenvalue weighted by Crippen LogP contribution is -2.46. The van der Waals surface area contributed by atoms with Gasteiger partial charge >= 0.3 is 0 Å². The number of nitro groups is 1. The van der Waals surface area contributed by atoms with Crippen LogP contribution in [0.25, 0.3) is 0 Å². The molecule has 2 aliphatic rings. The van der Waals surface area contributed by atoms with Crippen LogP contribution < -0.4 is 5.32 Å². The zero-order valence-corrected chi connectivity index (χ0v) is 12.4. The molecule has 1 aliphatic heterocycles. The van der Waals surface area contributed by atoms with Crippen molar-refractivity contribution >= 4 is 23.0 Å². The molecule has 1 aromatic rings. The highest BCUT2D eigenvalue weighted by molar-refractivity contribution is 6.30. The maximum absolute atomic E-state index is 11.0. The molecule has 1 unspecified atom stereocenters. The number of ether oxygens (including phenoxy) is 1. The minimum Gasteiger partial charge on any atom is -0.377 e. The van der Waals surface area contributed by atoms with Gasteiger partial charge in [0.05, 0.1) is 17.6 Å². The number of benzene rings is 1. The van der Waals surface area contributed by atoms with Crippen LogP contribution in [0.15, 0.2) is 18.2 Å². The van der Waals surface area contributed by atoms with Gasteiger partial charge in [0.2, 0.25) is 0 Å². The molecule has 2 fully saturated rings. The average molecular weight is 312 g/mol. The largest absolute Gasteiger partial charge is 0.377 e. The van der Waals surface area contributed by atoms with Gasteiger partial charge in [-0.2, -0.15) is 0 Å². The molecular formula is C14H18ClN3O3. The number of hydrogen-bond acceptors (Lipinski definition) is 5. The third kappa shape index (κ3) is 3.64. The van der Waals surface area contributed by atoms with Crippen molar-refractivity contribution in [3.63, 3.8) is 0 Å². The van der Waals surface area contributed by atoms with Crippen LogP contribution in [0.2, 0.25) is 5.02 Å². The van der Waals surface area contributed by atoms with Crippen LogP contribution >= 0.6 is 11.6 Å². The van der Waals surface area contributed by atoms with Crippen LogP contribution in [0.3, 0.4) is 0 Å². The second-order valence-electron chi connectivity index (χ2n) is 5.52. The van der Waals surface area contributed by atoms with E-state index >= 15 is 0 Å². The summed E-state index contributed by atoms with van der Waals surface area (Å²) in [5.41, 5.74) is 0.480. The molecule has 0 amide bonds. The molecule has 0 bridgehead atoms. The van der Waals surface area contributed by atoms with E-state index in [2.05, 4.69) is 10.2 Å². The molecule has 21 heavy (non-hydrogen) atoms. The lowest BCUT2D eigenvalue weighted by molar-refractivity contribution is -0.383. The number of rotatable bonds is 5. The number of nitro benzene ring substituents is 1. The molecule has 1 saturated heterocycles. The molecule has 0 radical (unpaired) electrons. The van der Waals surface area contributed by atoms with Gasteiger partial charge in [-0.3, -0.25) is 15.0 Å². The van der Waals surface area contributed by atoms with Crippen molar-refractivity contribution in [3.8, 4) is 0 Å². The van der Waals surface area contributed by atoms with Gasteiger partial charge in [-0.05, 0) is 25.0 Å². The standard InChI is InChI=1S/C14H18ClN3O3/c15-10-1-4-13(14(7-10)18(19)20)16-8-12-9-17(5-6-21-12)11-2-3-11/h1,4,7,11-12,16H,2-3,5-6,8-9H2. The number of halogens is 1. The zero-order valence-electron chi connectivity index (χ0n) is 11.6. The van der Waals surface area contributed by atoms with E-state index in [9.17, 15) is 10.1 Å². The monoisotopic (exact) mass is 311 g/mol. The summed E-state index contributed by atoms with van der Waals surface area (Å²) in [6.45, 7) is 3.17. The van der Waals surface area contributed by atoms with Crippen molar-refractivity contribution in [2.45, 2.75) is 25.0 Å². The van der Waals surface area contributed by atoms with Gasteiger partial charge in [-0.1, -0.05) is 11.6 Å². The van der Waals surface area contributed by atoms with E-state index in [0.717, 1.165) is 25.7 Å². The Hall–Kier alpha value is -1.37. The van der Waals surface area contributed by atoms with Crippen molar-refractivity contribution in [3.05, 3.63) is 33.3 Å². The number of anilines is 1. The average Bonchev–Trinajstić information content (AvgIpc) is 3.31. The summed E-state index contributed by atoms with van der Waals surface area (Å²) in [4.78, 5) is 13.1. The predicted molar refractivity (Wildman–Crippen MR) is 80.9 cm³/mol. The summed E-state index contributed by atoms with van der Waals surface area (Å²) in [7, 11) is 0. The zero-order chi connectivity index (χ0) is 14.8. The molecule has 0 spiro atoms. The number of nitrogens with one attached hydrogen (secondary N) is 1. The number of hydrogen-bond donors (Lipinski definition) is 1. The second kappa shape index (κ2) is 6.17. The Morgan fingerprint density at radius 3 is 3.00 bits per heavy atom. The van der Waals surface area contributed by atoms with E-state index in [-0.39, 0.29) is 11.8 Å². The van der Waals surface area contributed by atoms with Crippen LogP contribution in [0.1, 0.15) is 12.8 Å². The predicted octanol–water partition coefficient (Wildman–Crippen LogP) is 2.52. The van der Waals surface area contributed by atoms with Crippen LogP contribution in [0.4, 0.5) is 11.4 Å². The first-order valence-corrected chi connectivity index (χ1v) is 7.55. The fraction of sp³-hybridized carbons (Fsp3) is 0.571. The quantitative estimate of drug-likeness (QED) is 0.668. The van der Waals surface area contributed by atoms with Crippen LogP contribution in [-0.2, 0) is 4.74 Å².